The lowest BCUT2D eigenvalue weighted by molar-refractivity contribution is 0.244. The van der Waals surface area contributed by atoms with Crippen molar-refractivity contribution < 1.29 is 4.42 Å². The average Bonchev–Trinajstić information content (AvgIpc) is 2.79. The zero-order valence-corrected chi connectivity index (χ0v) is 10.9. The molecule has 2 heterocycles. The van der Waals surface area contributed by atoms with Crippen molar-refractivity contribution in [3.05, 3.63) is 35.6 Å². The molecule has 0 aliphatic carbocycles. The summed E-state index contributed by atoms with van der Waals surface area (Å²) in [5.74, 6) is 0. The summed E-state index contributed by atoms with van der Waals surface area (Å²) in [5, 5.41) is 4.64. The molecule has 0 atom stereocenters. The van der Waals surface area contributed by atoms with E-state index in [1.807, 2.05) is 6.26 Å². The maximum Gasteiger partial charge on any atom is 0.134 e. The molecule has 0 spiro atoms. The number of nitrogens with one attached hydrogen (secondary N) is 1. The average molecular weight is 244 g/mol. The van der Waals surface area contributed by atoms with Crippen molar-refractivity contribution in [3.8, 4) is 0 Å². The van der Waals surface area contributed by atoms with Gasteiger partial charge in [-0.05, 0) is 36.6 Å². The first-order chi connectivity index (χ1) is 8.83. The summed E-state index contributed by atoms with van der Waals surface area (Å²) in [6.07, 6.45) is 2.96. The minimum atomic E-state index is 0.999. The summed E-state index contributed by atoms with van der Waals surface area (Å²) in [7, 11) is 0. The van der Waals surface area contributed by atoms with Crippen molar-refractivity contribution in [3.63, 3.8) is 0 Å². The fraction of sp³-hybridized carbons (Fsp3) is 0.467. The Balaban J connectivity index is 1.68. The van der Waals surface area contributed by atoms with Crippen molar-refractivity contribution in [2.75, 3.05) is 32.7 Å². The molecular formula is C15H20N2O. The highest BCUT2D eigenvalue weighted by Crippen LogP contribution is 2.21. The van der Waals surface area contributed by atoms with Crippen LogP contribution in [0.1, 0.15) is 11.1 Å². The molecule has 96 valence electrons. The van der Waals surface area contributed by atoms with Crippen LogP contribution >= 0.6 is 0 Å². The Kier molecular flexibility index (Phi) is 3.35. The Morgan fingerprint density at radius 2 is 2.11 bits per heavy atom. The summed E-state index contributed by atoms with van der Waals surface area (Å²) in [4.78, 5) is 2.53. The van der Waals surface area contributed by atoms with E-state index in [2.05, 4.69) is 35.3 Å². The number of benzene rings is 1. The molecule has 1 fully saturated rings. The predicted molar refractivity (Wildman–Crippen MR) is 74.0 cm³/mol. The lowest BCUT2D eigenvalue weighted by Crippen LogP contribution is -2.44. The van der Waals surface area contributed by atoms with Gasteiger partial charge in [0, 0.05) is 38.1 Å². The molecule has 1 aromatic heterocycles. The zero-order chi connectivity index (χ0) is 12.4. The van der Waals surface area contributed by atoms with Gasteiger partial charge in [0.25, 0.3) is 0 Å². The number of furan rings is 1. The smallest absolute Gasteiger partial charge is 0.134 e. The SMILES string of the molecule is Cc1coc2ccc(CCN3CCNCC3)cc12. The van der Waals surface area contributed by atoms with Crippen molar-refractivity contribution in [1.82, 2.24) is 10.2 Å². The van der Waals surface area contributed by atoms with Crippen molar-refractivity contribution in [2.45, 2.75) is 13.3 Å². The van der Waals surface area contributed by atoms with Crippen molar-refractivity contribution in [1.29, 1.82) is 0 Å². The van der Waals surface area contributed by atoms with E-state index in [1.165, 1.54) is 29.6 Å². The van der Waals surface area contributed by atoms with E-state index in [4.69, 9.17) is 4.42 Å². The van der Waals surface area contributed by atoms with E-state index >= 15 is 0 Å². The Morgan fingerprint density at radius 3 is 2.94 bits per heavy atom. The second kappa shape index (κ2) is 5.12. The number of piperazine rings is 1. The Hall–Kier alpha value is -1.32. The highest BCUT2D eigenvalue weighted by molar-refractivity contribution is 5.81. The summed E-state index contributed by atoms with van der Waals surface area (Å²) in [6, 6.07) is 6.55. The molecule has 0 radical (unpaired) electrons. The van der Waals surface area contributed by atoms with Crippen molar-refractivity contribution in [2.24, 2.45) is 0 Å². The quantitative estimate of drug-likeness (QED) is 0.897. The van der Waals surface area contributed by atoms with Gasteiger partial charge in [-0.2, -0.15) is 0 Å². The summed E-state index contributed by atoms with van der Waals surface area (Å²) < 4.78 is 5.48. The summed E-state index contributed by atoms with van der Waals surface area (Å²) >= 11 is 0. The first-order valence-electron chi connectivity index (χ1n) is 6.73. The molecule has 0 amide bonds. The Bertz CT molecular complexity index is 526. The van der Waals surface area contributed by atoms with E-state index in [0.29, 0.717) is 0 Å². The second-order valence-corrected chi connectivity index (χ2v) is 5.09. The molecule has 1 aliphatic heterocycles. The van der Waals surface area contributed by atoms with Gasteiger partial charge in [-0.3, -0.25) is 0 Å². The van der Waals surface area contributed by atoms with E-state index in [0.717, 1.165) is 31.6 Å². The van der Waals surface area contributed by atoms with Crippen molar-refractivity contribution >= 4 is 11.0 Å². The van der Waals surface area contributed by atoms with Crippen LogP contribution in [-0.2, 0) is 6.42 Å². The van der Waals surface area contributed by atoms with Crippen LogP contribution in [-0.4, -0.2) is 37.6 Å². The van der Waals surface area contributed by atoms with Crippen LogP contribution in [0.15, 0.2) is 28.9 Å². The van der Waals surface area contributed by atoms with E-state index in [1.54, 1.807) is 0 Å². The Labute approximate surface area is 108 Å². The van der Waals surface area contributed by atoms with Gasteiger partial charge in [0.2, 0.25) is 0 Å². The van der Waals surface area contributed by atoms with Gasteiger partial charge in [0.15, 0.2) is 0 Å². The monoisotopic (exact) mass is 244 g/mol. The first-order valence-corrected chi connectivity index (χ1v) is 6.73. The second-order valence-electron chi connectivity index (χ2n) is 5.09. The maximum absolute atomic E-state index is 5.48. The molecule has 1 aromatic carbocycles. The molecule has 1 aliphatic rings. The molecule has 18 heavy (non-hydrogen) atoms. The normalized spacial score (nSPS) is 17.4. The molecular weight excluding hydrogens is 224 g/mol. The third kappa shape index (κ3) is 2.42. The molecule has 0 bridgehead atoms. The highest BCUT2D eigenvalue weighted by atomic mass is 16.3. The molecule has 3 nitrogen and oxygen atoms in total. The molecule has 3 rings (SSSR count). The molecule has 0 unspecified atom stereocenters. The molecule has 3 heteroatoms. The van der Waals surface area contributed by atoms with Crippen LogP contribution in [0.4, 0.5) is 0 Å². The van der Waals surface area contributed by atoms with Crippen LogP contribution < -0.4 is 5.32 Å². The first kappa shape index (κ1) is 11.8. The number of rotatable bonds is 3. The third-order valence-electron chi connectivity index (χ3n) is 3.76. The van der Waals surface area contributed by atoms with Gasteiger partial charge in [-0.15, -0.1) is 0 Å². The van der Waals surface area contributed by atoms with Crippen LogP contribution in [0.3, 0.4) is 0 Å². The van der Waals surface area contributed by atoms with Gasteiger partial charge < -0.3 is 14.6 Å². The van der Waals surface area contributed by atoms with Gasteiger partial charge >= 0.3 is 0 Å². The Morgan fingerprint density at radius 1 is 1.28 bits per heavy atom. The van der Waals surface area contributed by atoms with E-state index in [9.17, 15) is 0 Å². The largest absolute Gasteiger partial charge is 0.464 e. The van der Waals surface area contributed by atoms with Gasteiger partial charge in [0.1, 0.15) is 5.58 Å². The minimum Gasteiger partial charge on any atom is -0.464 e. The topological polar surface area (TPSA) is 28.4 Å². The molecule has 0 saturated carbocycles. The number of hydrogen-bond donors (Lipinski definition) is 1. The fourth-order valence-corrected chi connectivity index (χ4v) is 2.58. The highest BCUT2D eigenvalue weighted by Gasteiger charge is 2.09. The van der Waals surface area contributed by atoms with Gasteiger partial charge in [0.05, 0.1) is 6.26 Å². The lowest BCUT2D eigenvalue weighted by atomic mass is 10.1. The number of nitrogens with zero attached hydrogens (tertiary/aromatic N) is 1. The van der Waals surface area contributed by atoms with Crippen LogP contribution in [0.5, 0.6) is 0 Å². The maximum atomic E-state index is 5.48. The predicted octanol–water partition coefficient (Wildman–Crippen LogP) is 2.19. The lowest BCUT2D eigenvalue weighted by Gasteiger charge is -2.27. The third-order valence-corrected chi connectivity index (χ3v) is 3.76. The van der Waals surface area contributed by atoms with Gasteiger partial charge in [-0.1, -0.05) is 6.07 Å². The molecule has 1 saturated heterocycles. The molecule has 1 N–H and O–H groups in total. The van der Waals surface area contributed by atoms with E-state index in [-0.39, 0.29) is 0 Å². The number of aryl methyl sites for hydroxylation is 1. The standard InChI is InChI=1S/C15H20N2O/c1-12-11-18-15-3-2-13(10-14(12)15)4-7-17-8-5-16-6-9-17/h2-3,10-11,16H,4-9H2,1H3. The minimum absolute atomic E-state index is 0.999. The molecule has 2 aromatic rings. The van der Waals surface area contributed by atoms with E-state index < -0.39 is 0 Å². The van der Waals surface area contributed by atoms with Crippen LogP contribution in [0.2, 0.25) is 0 Å². The number of hydrogen-bond acceptors (Lipinski definition) is 3. The van der Waals surface area contributed by atoms with Gasteiger partial charge in [-0.25, -0.2) is 0 Å². The fourth-order valence-electron chi connectivity index (χ4n) is 2.58. The zero-order valence-electron chi connectivity index (χ0n) is 10.9. The van der Waals surface area contributed by atoms with Crippen LogP contribution in [0.25, 0.3) is 11.0 Å². The summed E-state index contributed by atoms with van der Waals surface area (Å²) in [6.45, 7) is 7.86. The number of fused-ring (bicyclic) bond motifs is 1. The van der Waals surface area contributed by atoms with Crippen LogP contribution in [0, 0.1) is 6.92 Å². The summed E-state index contributed by atoms with van der Waals surface area (Å²) in [5.41, 5.74) is 3.64.